The van der Waals surface area contributed by atoms with Gasteiger partial charge in [-0.25, -0.2) is 0 Å². The van der Waals surface area contributed by atoms with Crippen LogP contribution in [0.15, 0.2) is 133 Å². The average Bonchev–Trinajstić information content (AvgIpc) is 3.94. The van der Waals surface area contributed by atoms with Crippen molar-refractivity contribution < 1.29 is 0 Å². The molecule has 8 aromatic carbocycles. The third-order valence-electron chi connectivity index (χ3n) is 17.9. The third-order valence-corrected chi connectivity index (χ3v) is 17.9. The van der Waals surface area contributed by atoms with Crippen molar-refractivity contribution in [3.8, 4) is 50.2 Å². The number of nitrogens with zero attached hydrogens (tertiary/aromatic N) is 1. The molecule has 1 radical (unpaired) electrons. The van der Waals surface area contributed by atoms with E-state index in [4.69, 9.17) is 0 Å². The molecule has 1 N–H and O–H groups in total. The Morgan fingerprint density at radius 3 is 1.67 bits per heavy atom. The van der Waals surface area contributed by atoms with Crippen LogP contribution >= 0.6 is 0 Å². The predicted octanol–water partition coefficient (Wildman–Crippen LogP) is 17.0. The van der Waals surface area contributed by atoms with Gasteiger partial charge in [-0.3, -0.25) is 0 Å². The monoisotopic (exact) mass is 936 g/mol. The summed E-state index contributed by atoms with van der Waals surface area (Å²) in [7, 11) is 2.59. The normalized spacial score (nSPS) is 16.2. The minimum atomic E-state index is -0.289. The molecule has 0 bridgehead atoms. The minimum absolute atomic E-state index is 0.0266. The van der Waals surface area contributed by atoms with Crippen molar-refractivity contribution in [3.63, 3.8) is 0 Å². The zero-order chi connectivity index (χ0) is 50.6. The Morgan fingerprint density at radius 2 is 0.986 bits per heavy atom. The van der Waals surface area contributed by atoms with E-state index in [2.05, 4.69) is 254 Å². The molecule has 0 fully saturated rings. The van der Waals surface area contributed by atoms with Gasteiger partial charge in [-0.05, 0) is 153 Å². The largest absolute Gasteiger partial charge is 0.355 e. The van der Waals surface area contributed by atoms with E-state index in [0.29, 0.717) is 0 Å². The highest BCUT2D eigenvalue weighted by atomic mass is 15.0. The van der Waals surface area contributed by atoms with Gasteiger partial charge in [0.1, 0.15) is 0 Å². The summed E-state index contributed by atoms with van der Waals surface area (Å²) in [4.78, 5) is 0. The molecular weight excluding hydrogens is 868 g/mol. The summed E-state index contributed by atoms with van der Waals surface area (Å²) < 4.78 is 2.68. The highest BCUT2D eigenvalue weighted by Crippen LogP contribution is 2.60. The van der Waals surface area contributed by atoms with Crippen LogP contribution in [0.1, 0.15) is 154 Å². The number of fused-ring (bicyclic) bond motifs is 15. The summed E-state index contributed by atoms with van der Waals surface area (Å²) in [5, 5.41) is 6.86. The van der Waals surface area contributed by atoms with Gasteiger partial charge in [0.25, 0.3) is 0 Å². The van der Waals surface area contributed by atoms with E-state index in [1.54, 1.807) is 0 Å². The fraction of sp³-hybridized carbons (Fsp3) is 0.304. The molecule has 0 spiro atoms. The van der Waals surface area contributed by atoms with Crippen molar-refractivity contribution in [2.24, 2.45) is 0 Å². The van der Waals surface area contributed by atoms with Crippen LogP contribution in [-0.2, 0) is 32.5 Å². The molecule has 0 saturated carbocycles. The number of nitrogens with one attached hydrogen (secondary N) is 1. The first-order valence-electron chi connectivity index (χ1n) is 26.5. The standard InChI is InChI=1S/C69H68BN2/c1-64(2,3)38-24-28-41(29-25-38)71-55-37-53-45(43-30-26-40(66(7,8)9)33-51(43)68(53,12)13)34-47(55)59-58-44-21-17-19-23-50(44)69(14,15)61(58)60-48-32-39(65(4,5)6)27-31-56(48)72-57-35-46-42-20-16-18-22-49(42)67(10,11)52(46)36-54(57)70-62(59)63(60)72/h16-37,71H,1-15H3. The SMILES string of the molecule is CC(C)(C)c1ccc(Nc2cc3c(cc2-c2c4c(c5c6cc(C(C)(C)C)ccc6n6c5c2[B]c2cc5c(cc2-6)-c2ccccc2C5(C)C)C(C)(C)c2ccccc2-4)-c2ccc(C(C)(C)C)cc2C3(C)C)cc1. The summed E-state index contributed by atoms with van der Waals surface area (Å²) in [6.45, 7) is 35.6. The van der Waals surface area contributed by atoms with Crippen LogP contribution in [0.5, 0.6) is 0 Å². The van der Waals surface area contributed by atoms with Gasteiger partial charge in [-0.1, -0.05) is 200 Å². The number of anilines is 2. The van der Waals surface area contributed by atoms with Crippen molar-refractivity contribution in [2.45, 2.75) is 136 Å². The second-order valence-electron chi connectivity index (χ2n) is 26.6. The molecule has 0 saturated heterocycles. The molecule has 1 aromatic heterocycles. The predicted molar refractivity (Wildman–Crippen MR) is 310 cm³/mol. The third kappa shape index (κ3) is 6.09. The molecule has 4 aliphatic rings. The quantitative estimate of drug-likeness (QED) is 0.175. The van der Waals surface area contributed by atoms with Gasteiger partial charge in [0.05, 0.1) is 5.52 Å². The number of benzene rings is 8. The van der Waals surface area contributed by atoms with Crippen molar-refractivity contribution >= 4 is 51.4 Å². The fourth-order valence-electron chi connectivity index (χ4n) is 13.7. The smallest absolute Gasteiger partial charge is 0.197 e. The topological polar surface area (TPSA) is 17.0 Å². The Hall–Kier alpha value is -6.58. The maximum atomic E-state index is 4.15. The van der Waals surface area contributed by atoms with E-state index in [1.807, 2.05) is 0 Å². The highest BCUT2D eigenvalue weighted by molar-refractivity contribution is 6.74. The van der Waals surface area contributed by atoms with Crippen LogP contribution in [0.4, 0.5) is 11.4 Å². The van der Waals surface area contributed by atoms with E-state index in [1.165, 1.54) is 133 Å². The van der Waals surface area contributed by atoms with Gasteiger partial charge >= 0.3 is 0 Å². The van der Waals surface area contributed by atoms with Crippen LogP contribution in [0.3, 0.4) is 0 Å². The summed E-state index contributed by atoms with van der Waals surface area (Å²) in [5.41, 5.74) is 31.1. The maximum absolute atomic E-state index is 4.15. The number of aromatic nitrogens is 1. The first kappa shape index (κ1) is 45.3. The van der Waals surface area contributed by atoms with Gasteiger partial charge < -0.3 is 9.88 Å². The van der Waals surface area contributed by atoms with Gasteiger partial charge in [0.2, 0.25) is 0 Å². The van der Waals surface area contributed by atoms with E-state index < -0.39 is 0 Å². The first-order chi connectivity index (χ1) is 33.9. The Labute approximate surface area is 429 Å². The maximum Gasteiger partial charge on any atom is 0.197 e. The van der Waals surface area contributed by atoms with Gasteiger partial charge in [-0.2, -0.15) is 0 Å². The minimum Gasteiger partial charge on any atom is -0.355 e. The number of hydrogen-bond donors (Lipinski definition) is 1. The molecule has 9 aromatic rings. The summed E-state index contributed by atoms with van der Waals surface area (Å²) in [6, 6.07) is 52.5. The first-order valence-corrected chi connectivity index (χ1v) is 26.5. The Morgan fingerprint density at radius 1 is 0.444 bits per heavy atom. The lowest BCUT2D eigenvalue weighted by atomic mass is 9.57. The van der Waals surface area contributed by atoms with Crippen LogP contribution in [0, 0.1) is 0 Å². The average molecular weight is 936 g/mol. The molecule has 2 heterocycles. The van der Waals surface area contributed by atoms with E-state index in [0.717, 1.165) is 11.4 Å². The lowest BCUT2D eigenvalue weighted by Gasteiger charge is -2.30. The second kappa shape index (κ2) is 14.3. The van der Waals surface area contributed by atoms with E-state index in [-0.39, 0.29) is 32.5 Å². The lowest BCUT2D eigenvalue weighted by Crippen LogP contribution is -2.38. The fourth-order valence-corrected chi connectivity index (χ4v) is 13.7. The van der Waals surface area contributed by atoms with Gasteiger partial charge in [0, 0.05) is 55.2 Å². The molecular formula is C69H68BN2. The van der Waals surface area contributed by atoms with Gasteiger partial charge in [0.15, 0.2) is 7.28 Å². The number of rotatable bonds is 3. The molecule has 357 valence electrons. The molecule has 0 atom stereocenters. The highest BCUT2D eigenvalue weighted by Gasteiger charge is 2.45. The molecule has 0 unspecified atom stereocenters. The summed E-state index contributed by atoms with van der Waals surface area (Å²) in [6.07, 6.45) is 0. The Bertz CT molecular complexity index is 3860. The van der Waals surface area contributed by atoms with Crippen molar-refractivity contribution in [2.75, 3.05) is 5.32 Å². The summed E-state index contributed by atoms with van der Waals surface area (Å²) in [5.74, 6) is 0. The van der Waals surface area contributed by atoms with Crippen molar-refractivity contribution in [1.82, 2.24) is 4.57 Å². The van der Waals surface area contributed by atoms with E-state index in [9.17, 15) is 0 Å². The van der Waals surface area contributed by atoms with E-state index >= 15 is 0 Å². The number of hydrogen-bond acceptors (Lipinski definition) is 1. The zero-order valence-electron chi connectivity index (χ0n) is 45.2. The van der Waals surface area contributed by atoms with Crippen LogP contribution in [0.2, 0.25) is 0 Å². The molecule has 3 aliphatic carbocycles. The second-order valence-corrected chi connectivity index (χ2v) is 26.6. The Balaban J connectivity index is 1.19. The van der Waals surface area contributed by atoms with Crippen LogP contribution in [0.25, 0.3) is 72.0 Å². The summed E-state index contributed by atoms with van der Waals surface area (Å²) >= 11 is 0. The van der Waals surface area contributed by atoms with Crippen LogP contribution in [-0.4, -0.2) is 11.8 Å². The molecule has 1 aliphatic heterocycles. The molecule has 3 heteroatoms. The van der Waals surface area contributed by atoms with Gasteiger partial charge in [-0.15, -0.1) is 0 Å². The molecule has 0 amide bonds. The van der Waals surface area contributed by atoms with Crippen LogP contribution < -0.4 is 16.2 Å². The molecule has 2 nitrogen and oxygen atoms in total. The molecule has 13 rings (SSSR count). The lowest BCUT2D eigenvalue weighted by molar-refractivity contribution is 0.584. The molecule has 72 heavy (non-hydrogen) atoms. The zero-order valence-corrected chi connectivity index (χ0v) is 45.2. The van der Waals surface area contributed by atoms with Crippen molar-refractivity contribution in [3.05, 3.63) is 184 Å². The Kier molecular flexibility index (Phi) is 9.02. The van der Waals surface area contributed by atoms with Crippen molar-refractivity contribution in [1.29, 1.82) is 0 Å².